The molecule has 19 heavy (non-hydrogen) atoms. The molecular weight excluding hydrogens is 240 g/mol. The van der Waals surface area contributed by atoms with Gasteiger partial charge in [0.25, 0.3) is 0 Å². The zero-order valence-electron chi connectivity index (χ0n) is 12.3. The van der Waals surface area contributed by atoms with Gasteiger partial charge in [0, 0.05) is 32.3 Å². The van der Waals surface area contributed by atoms with E-state index in [1.54, 1.807) is 4.68 Å². The number of nitrogens with zero attached hydrogens (tertiary/aromatic N) is 3. The van der Waals surface area contributed by atoms with Crippen molar-refractivity contribution in [3.05, 3.63) is 11.9 Å². The highest BCUT2D eigenvalue weighted by Crippen LogP contribution is 2.37. The maximum absolute atomic E-state index is 6.47. The maximum atomic E-state index is 6.47. The van der Waals surface area contributed by atoms with Crippen LogP contribution in [0.2, 0.25) is 0 Å². The monoisotopic (exact) mass is 266 g/mol. The molecule has 1 aromatic heterocycles. The summed E-state index contributed by atoms with van der Waals surface area (Å²) in [5.41, 5.74) is 7.25. The van der Waals surface area contributed by atoms with Crippen molar-refractivity contribution in [1.82, 2.24) is 15.0 Å². The highest BCUT2D eigenvalue weighted by atomic mass is 16.5. The van der Waals surface area contributed by atoms with Gasteiger partial charge in [-0.1, -0.05) is 25.0 Å². The van der Waals surface area contributed by atoms with Crippen molar-refractivity contribution >= 4 is 0 Å². The summed E-state index contributed by atoms with van der Waals surface area (Å²) in [7, 11) is 1.88. The Kier molecular flexibility index (Phi) is 4.58. The quantitative estimate of drug-likeness (QED) is 0.880. The molecule has 0 bridgehead atoms. The normalized spacial score (nSPS) is 29.4. The first-order valence-corrected chi connectivity index (χ1v) is 7.30. The molecule has 1 fully saturated rings. The second-order valence-electron chi connectivity index (χ2n) is 5.89. The summed E-state index contributed by atoms with van der Waals surface area (Å²) in [5, 5.41) is 8.11. The Labute approximate surface area is 115 Å². The largest absolute Gasteiger partial charge is 0.374 e. The second-order valence-corrected chi connectivity index (χ2v) is 5.89. The highest BCUT2D eigenvalue weighted by molar-refractivity contribution is 5.03. The lowest BCUT2D eigenvalue weighted by Gasteiger charge is -2.43. The van der Waals surface area contributed by atoms with Gasteiger partial charge < -0.3 is 10.5 Å². The Bertz CT molecular complexity index is 402. The van der Waals surface area contributed by atoms with Gasteiger partial charge >= 0.3 is 0 Å². The second kappa shape index (κ2) is 6.01. The Balaban J connectivity index is 2.09. The van der Waals surface area contributed by atoms with Crippen LogP contribution < -0.4 is 5.73 Å². The van der Waals surface area contributed by atoms with E-state index in [0.29, 0.717) is 5.92 Å². The summed E-state index contributed by atoms with van der Waals surface area (Å²) in [6, 6.07) is -0.00750. The summed E-state index contributed by atoms with van der Waals surface area (Å²) in [5.74, 6) is 0.688. The average Bonchev–Trinajstić information content (AvgIpc) is 2.75. The van der Waals surface area contributed by atoms with Crippen molar-refractivity contribution in [3.8, 4) is 0 Å². The van der Waals surface area contributed by atoms with Gasteiger partial charge in [0.15, 0.2) is 0 Å². The van der Waals surface area contributed by atoms with Crippen molar-refractivity contribution in [2.24, 2.45) is 18.7 Å². The van der Waals surface area contributed by atoms with Crippen LogP contribution >= 0.6 is 0 Å². The van der Waals surface area contributed by atoms with Crippen LogP contribution in [0.3, 0.4) is 0 Å². The van der Waals surface area contributed by atoms with Crippen LogP contribution in [-0.4, -0.2) is 33.2 Å². The topological polar surface area (TPSA) is 66.0 Å². The van der Waals surface area contributed by atoms with Gasteiger partial charge in [-0.3, -0.25) is 4.68 Å². The zero-order chi connectivity index (χ0) is 13.9. The van der Waals surface area contributed by atoms with Crippen LogP contribution in [0.15, 0.2) is 6.20 Å². The molecule has 0 spiro atoms. The Morgan fingerprint density at radius 2 is 2.42 bits per heavy atom. The van der Waals surface area contributed by atoms with Crippen molar-refractivity contribution in [3.63, 3.8) is 0 Å². The van der Waals surface area contributed by atoms with E-state index in [-0.39, 0.29) is 11.6 Å². The van der Waals surface area contributed by atoms with Crippen molar-refractivity contribution < 1.29 is 4.74 Å². The van der Waals surface area contributed by atoms with Gasteiger partial charge in [-0.15, -0.1) is 5.10 Å². The Morgan fingerprint density at radius 1 is 1.63 bits per heavy atom. The number of rotatable bonds is 5. The predicted octanol–water partition coefficient (Wildman–Crippen LogP) is 1.67. The number of aryl methyl sites for hydroxylation is 1. The number of ether oxygens (including phenoxy) is 1. The lowest BCUT2D eigenvalue weighted by Crippen LogP contribution is -2.53. The van der Waals surface area contributed by atoms with Crippen LogP contribution in [0.5, 0.6) is 0 Å². The first-order chi connectivity index (χ1) is 9.05. The summed E-state index contributed by atoms with van der Waals surface area (Å²) >= 11 is 0. The van der Waals surface area contributed by atoms with Crippen molar-refractivity contribution in [2.45, 2.75) is 57.6 Å². The SMILES string of the molecule is CCOC1(C(N)Cc2cn(C)nn2)CCCC(C)C1. The average molecular weight is 266 g/mol. The molecule has 1 saturated carbocycles. The molecule has 1 heterocycles. The number of hydrogen-bond acceptors (Lipinski definition) is 4. The molecule has 1 aromatic rings. The van der Waals surface area contributed by atoms with E-state index in [4.69, 9.17) is 10.5 Å². The molecule has 0 aliphatic heterocycles. The molecule has 3 unspecified atom stereocenters. The van der Waals surface area contributed by atoms with Crippen LogP contribution in [0.4, 0.5) is 0 Å². The third kappa shape index (κ3) is 3.34. The summed E-state index contributed by atoms with van der Waals surface area (Å²) in [6.07, 6.45) is 7.28. The minimum absolute atomic E-state index is 0.00750. The molecular formula is C14H26N4O. The predicted molar refractivity (Wildman–Crippen MR) is 74.7 cm³/mol. The van der Waals surface area contributed by atoms with Gasteiger partial charge in [0.05, 0.1) is 11.3 Å². The lowest BCUT2D eigenvalue weighted by atomic mass is 9.73. The van der Waals surface area contributed by atoms with Crippen LogP contribution in [0, 0.1) is 5.92 Å². The fourth-order valence-corrected chi connectivity index (χ4v) is 3.31. The third-order valence-corrected chi connectivity index (χ3v) is 4.18. The summed E-state index contributed by atoms with van der Waals surface area (Å²) in [4.78, 5) is 0. The fourth-order valence-electron chi connectivity index (χ4n) is 3.31. The fraction of sp³-hybridized carbons (Fsp3) is 0.857. The van der Waals surface area contributed by atoms with E-state index in [9.17, 15) is 0 Å². The van der Waals surface area contributed by atoms with Crippen molar-refractivity contribution in [2.75, 3.05) is 6.61 Å². The molecule has 5 nitrogen and oxygen atoms in total. The molecule has 5 heteroatoms. The highest BCUT2D eigenvalue weighted by Gasteiger charge is 2.41. The van der Waals surface area contributed by atoms with Gasteiger partial charge in [-0.2, -0.15) is 0 Å². The van der Waals surface area contributed by atoms with Crippen molar-refractivity contribution in [1.29, 1.82) is 0 Å². The number of aromatic nitrogens is 3. The summed E-state index contributed by atoms with van der Waals surface area (Å²) < 4.78 is 7.82. The van der Waals surface area contributed by atoms with Crippen LogP contribution in [-0.2, 0) is 18.2 Å². The van der Waals surface area contributed by atoms with E-state index in [2.05, 4.69) is 24.2 Å². The molecule has 108 valence electrons. The molecule has 0 saturated heterocycles. The minimum Gasteiger partial charge on any atom is -0.374 e. The molecule has 1 aliphatic carbocycles. The smallest absolute Gasteiger partial charge is 0.0843 e. The van der Waals surface area contributed by atoms with Gasteiger partial charge in [0.2, 0.25) is 0 Å². The Hall–Kier alpha value is -0.940. The molecule has 0 amide bonds. The van der Waals surface area contributed by atoms with E-state index < -0.39 is 0 Å². The standard InChI is InChI=1S/C14H26N4O/c1-4-19-14(7-5-6-11(2)9-14)13(15)8-12-10-18(3)17-16-12/h10-11,13H,4-9,15H2,1-3H3. The first-order valence-electron chi connectivity index (χ1n) is 7.30. The summed E-state index contributed by atoms with van der Waals surface area (Å²) in [6.45, 7) is 5.07. The Morgan fingerprint density at radius 3 is 3.00 bits per heavy atom. The molecule has 1 aliphatic rings. The number of hydrogen-bond donors (Lipinski definition) is 1. The number of nitrogens with two attached hydrogens (primary N) is 1. The van der Waals surface area contributed by atoms with Crippen LogP contribution in [0.1, 0.15) is 45.2 Å². The van der Waals surface area contributed by atoms with Crippen LogP contribution in [0.25, 0.3) is 0 Å². The lowest BCUT2D eigenvalue weighted by molar-refractivity contribution is -0.0926. The van der Waals surface area contributed by atoms with E-state index in [1.807, 2.05) is 13.2 Å². The molecule has 0 radical (unpaired) electrons. The van der Waals surface area contributed by atoms with Gasteiger partial charge in [-0.25, -0.2) is 0 Å². The van der Waals surface area contributed by atoms with Gasteiger partial charge in [0.1, 0.15) is 0 Å². The molecule has 2 N–H and O–H groups in total. The zero-order valence-corrected chi connectivity index (χ0v) is 12.3. The van der Waals surface area contributed by atoms with E-state index in [0.717, 1.165) is 31.6 Å². The molecule has 3 atom stereocenters. The maximum Gasteiger partial charge on any atom is 0.0843 e. The molecule has 0 aromatic carbocycles. The van der Waals surface area contributed by atoms with Gasteiger partial charge in [-0.05, 0) is 25.7 Å². The minimum atomic E-state index is -0.177. The van der Waals surface area contributed by atoms with E-state index >= 15 is 0 Å². The van der Waals surface area contributed by atoms with E-state index in [1.165, 1.54) is 12.8 Å². The third-order valence-electron chi connectivity index (χ3n) is 4.18. The first kappa shape index (κ1) is 14.5. The molecule has 2 rings (SSSR count).